The molecule has 0 saturated heterocycles. The number of aromatic nitrogens is 3. The van der Waals surface area contributed by atoms with Crippen LogP contribution >= 0.6 is 11.3 Å². The van der Waals surface area contributed by atoms with Crippen molar-refractivity contribution in [1.82, 2.24) is 14.8 Å². The van der Waals surface area contributed by atoms with Gasteiger partial charge in [0, 0.05) is 6.07 Å². The van der Waals surface area contributed by atoms with Gasteiger partial charge in [0.15, 0.2) is 16.6 Å². The van der Waals surface area contributed by atoms with Gasteiger partial charge in [0.25, 0.3) is 11.5 Å². The van der Waals surface area contributed by atoms with Crippen molar-refractivity contribution in [1.29, 1.82) is 0 Å². The van der Waals surface area contributed by atoms with E-state index in [0.717, 1.165) is 27.6 Å². The molecule has 0 saturated carbocycles. The summed E-state index contributed by atoms with van der Waals surface area (Å²) in [6, 6.07) is 12.0. The average molecular weight is 396 g/mol. The number of nitrogens with zero attached hydrogens (tertiary/aromatic N) is 3. The number of benzene rings is 2. The fourth-order valence-electron chi connectivity index (χ4n) is 2.66. The first kappa shape index (κ1) is 17.8. The maximum absolute atomic E-state index is 13.3. The number of aromatic hydroxyl groups is 1. The second-order valence-electron chi connectivity index (χ2n) is 6.05. The molecule has 0 spiro atoms. The number of halogens is 1. The summed E-state index contributed by atoms with van der Waals surface area (Å²) in [5.41, 5.74) is 1.01. The highest BCUT2D eigenvalue weighted by molar-refractivity contribution is 7.22. The summed E-state index contributed by atoms with van der Waals surface area (Å²) in [6.45, 7) is 1.86. The molecule has 0 aliphatic heterocycles. The van der Waals surface area contributed by atoms with Gasteiger partial charge in [-0.3, -0.25) is 14.9 Å². The standard InChI is InChI=1S/C19H13FN4O3S/c1-10-3-2-4-12(7-10)24-16(26)9-14(25)17(23-24)18(27)22-19-21-13-6-5-11(20)8-15(13)28-19/h2-9,25H,1H3,(H,21,22,27). The number of hydrogen-bond acceptors (Lipinski definition) is 6. The molecule has 0 bridgehead atoms. The van der Waals surface area contributed by atoms with Crippen molar-refractivity contribution in [2.24, 2.45) is 0 Å². The molecule has 2 aromatic heterocycles. The highest BCUT2D eigenvalue weighted by atomic mass is 32.1. The van der Waals surface area contributed by atoms with Gasteiger partial charge in [-0.25, -0.2) is 9.37 Å². The molecule has 2 aromatic carbocycles. The second kappa shape index (κ2) is 6.86. The van der Waals surface area contributed by atoms with E-state index >= 15 is 0 Å². The van der Waals surface area contributed by atoms with E-state index in [1.165, 1.54) is 18.2 Å². The number of rotatable bonds is 3. The third kappa shape index (κ3) is 3.35. The van der Waals surface area contributed by atoms with E-state index in [9.17, 15) is 19.1 Å². The first-order valence-electron chi connectivity index (χ1n) is 8.18. The van der Waals surface area contributed by atoms with Gasteiger partial charge in [-0.05, 0) is 42.8 Å². The summed E-state index contributed by atoms with van der Waals surface area (Å²) >= 11 is 1.08. The number of thiazole rings is 1. The van der Waals surface area contributed by atoms with E-state index in [4.69, 9.17) is 0 Å². The molecule has 0 aliphatic rings. The normalized spacial score (nSPS) is 10.9. The van der Waals surface area contributed by atoms with Crippen LogP contribution in [0.5, 0.6) is 5.75 Å². The lowest BCUT2D eigenvalue weighted by molar-refractivity contribution is 0.101. The van der Waals surface area contributed by atoms with Gasteiger partial charge in [0.05, 0.1) is 15.9 Å². The molecule has 4 rings (SSSR count). The number of fused-ring (bicyclic) bond motifs is 1. The summed E-state index contributed by atoms with van der Waals surface area (Å²) < 4.78 is 14.9. The van der Waals surface area contributed by atoms with Crippen LogP contribution in [0.3, 0.4) is 0 Å². The van der Waals surface area contributed by atoms with Gasteiger partial charge in [-0.2, -0.15) is 9.78 Å². The Morgan fingerprint density at radius 3 is 2.82 bits per heavy atom. The molecule has 0 aliphatic carbocycles. The Kier molecular flexibility index (Phi) is 4.36. The molecule has 9 heteroatoms. The second-order valence-corrected chi connectivity index (χ2v) is 7.08. The number of aryl methyl sites for hydroxylation is 1. The molecule has 0 unspecified atom stereocenters. The molecule has 4 aromatic rings. The lowest BCUT2D eigenvalue weighted by Crippen LogP contribution is -2.25. The van der Waals surface area contributed by atoms with Crippen molar-refractivity contribution in [3.05, 3.63) is 76.0 Å². The largest absolute Gasteiger partial charge is 0.505 e. The van der Waals surface area contributed by atoms with Crippen LogP contribution in [0.2, 0.25) is 0 Å². The molecule has 0 atom stereocenters. The lowest BCUT2D eigenvalue weighted by atomic mass is 10.2. The molecule has 140 valence electrons. The molecule has 2 heterocycles. The number of carbonyl (C=O) groups is 1. The van der Waals surface area contributed by atoms with Gasteiger partial charge in [-0.1, -0.05) is 23.5 Å². The third-order valence-corrected chi connectivity index (χ3v) is 4.88. The van der Waals surface area contributed by atoms with Crippen LogP contribution < -0.4 is 10.9 Å². The topological polar surface area (TPSA) is 97.1 Å². The number of anilines is 1. The van der Waals surface area contributed by atoms with Gasteiger partial charge in [0.2, 0.25) is 0 Å². The lowest BCUT2D eigenvalue weighted by Gasteiger charge is -2.09. The number of nitrogens with one attached hydrogen (secondary N) is 1. The quantitative estimate of drug-likeness (QED) is 0.554. The Hall–Kier alpha value is -3.59. The van der Waals surface area contributed by atoms with Crippen LogP contribution in [0.25, 0.3) is 15.9 Å². The fraction of sp³-hybridized carbons (Fsp3) is 0.0526. The van der Waals surface area contributed by atoms with E-state index in [1.54, 1.807) is 18.2 Å². The zero-order valence-electron chi connectivity index (χ0n) is 14.5. The number of carbonyl (C=O) groups excluding carboxylic acids is 1. The Morgan fingerprint density at radius 2 is 2.04 bits per heavy atom. The number of hydrogen-bond donors (Lipinski definition) is 2. The zero-order chi connectivity index (χ0) is 19.8. The summed E-state index contributed by atoms with van der Waals surface area (Å²) in [5.74, 6) is -1.68. The molecular weight excluding hydrogens is 383 g/mol. The van der Waals surface area contributed by atoms with Crippen LogP contribution in [0.15, 0.2) is 53.3 Å². The predicted octanol–water partition coefficient (Wildman–Crippen LogP) is 3.25. The van der Waals surface area contributed by atoms with E-state index < -0.39 is 23.0 Å². The predicted molar refractivity (Wildman–Crippen MR) is 104 cm³/mol. The van der Waals surface area contributed by atoms with Crippen LogP contribution in [0, 0.1) is 12.7 Å². The van der Waals surface area contributed by atoms with Crippen LogP contribution in [-0.4, -0.2) is 25.8 Å². The van der Waals surface area contributed by atoms with E-state index in [0.29, 0.717) is 15.9 Å². The Morgan fingerprint density at radius 1 is 1.21 bits per heavy atom. The maximum atomic E-state index is 13.3. The average Bonchev–Trinajstić information content (AvgIpc) is 3.02. The summed E-state index contributed by atoms with van der Waals surface area (Å²) in [7, 11) is 0. The summed E-state index contributed by atoms with van der Waals surface area (Å²) in [6.07, 6.45) is 0. The minimum Gasteiger partial charge on any atom is -0.505 e. The van der Waals surface area contributed by atoms with Crippen LogP contribution in [0.1, 0.15) is 16.1 Å². The SMILES string of the molecule is Cc1cccc(-n2nc(C(=O)Nc3nc4ccc(F)cc4s3)c(O)cc2=O)c1. The molecule has 2 N–H and O–H groups in total. The van der Waals surface area contributed by atoms with Crippen molar-refractivity contribution < 1.29 is 14.3 Å². The van der Waals surface area contributed by atoms with E-state index in [2.05, 4.69) is 15.4 Å². The minimum absolute atomic E-state index is 0.222. The first-order chi connectivity index (χ1) is 13.4. The molecule has 0 fully saturated rings. The smallest absolute Gasteiger partial charge is 0.281 e. The highest BCUT2D eigenvalue weighted by Gasteiger charge is 2.18. The Balaban J connectivity index is 1.70. The van der Waals surface area contributed by atoms with E-state index in [1.807, 2.05) is 13.0 Å². The molecular formula is C19H13FN4O3S. The summed E-state index contributed by atoms with van der Waals surface area (Å²) in [5, 5.41) is 16.8. The van der Waals surface area contributed by atoms with Crippen molar-refractivity contribution in [2.75, 3.05) is 5.32 Å². The Labute approximate surface area is 161 Å². The molecule has 7 nitrogen and oxygen atoms in total. The van der Waals surface area contributed by atoms with Crippen molar-refractivity contribution in [2.45, 2.75) is 6.92 Å². The molecule has 0 radical (unpaired) electrons. The number of amides is 1. The fourth-order valence-corrected chi connectivity index (χ4v) is 3.55. The molecule has 28 heavy (non-hydrogen) atoms. The molecule has 1 amide bonds. The van der Waals surface area contributed by atoms with E-state index in [-0.39, 0.29) is 10.8 Å². The van der Waals surface area contributed by atoms with Crippen molar-refractivity contribution in [3.63, 3.8) is 0 Å². The zero-order valence-corrected chi connectivity index (χ0v) is 15.3. The maximum Gasteiger partial charge on any atom is 0.281 e. The van der Waals surface area contributed by atoms with Crippen LogP contribution in [0.4, 0.5) is 9.52 Å². The van der Waals surface area contributed by atoms with Gasteiger partial charge in [0.1, 0.15) is 5.82 Å². The van der Waals surface area contributed by atoms with Crippen molar-refractivity contribution in [3.8, 4) is 11.4 Å². The van der Waals surface area contributed by atoms with Gasteiger partial charge < -0.3 is 5.11 Å². The van der Waals surface area contributed by atoms with Gasteiger partial charge >= 0.3 is 0 Å². The minimum atomic E-state index is -0.738. The van der Waals surface area contributed by atoms with Crippen LogP contribution in [-0.2, 0) is 0 Å². The monoisotopic (exact) mass is 396 g/mol. The highest BCUT2D eigenvalue weighted by Crippen LogP contribution is 2.27. The first-order valence-corrected chi connectivity index (χ1v) is 9.00. The summed E-state index contributed by atoms with van der Waals surface area (Å²) in [4.78, 5) is 29.0. The van der Waals surface area contributed by atoms with Gasteiger partial charge in [-0.15, -0.1) is 0 Å². The Bertz CT molecular complexity index is 1280. The third-order valence-electron chi connectivity index (χ3n) is 3.94. The van der Waals surface area contributed by atoms with Crippen molar-refractivity contribution >= 4 is 32.6 Å².